The highest BCUT2D eigenvalue weighted by atomic mass is 16.5. The fourth-order valence-electron chi connectivity index (χ4n) is 1.99. The van der Waals surface area contributed by atoms with Crippen molar-refractivity contribution in [3.8, 4) is 11.5 Å². The molecule has 1 aliphatic rings. The Balaban J connectivity index is 2.14. The van der Waals surface area contributed by atoms with Gasteiger partial charge in [0.25, 0.3) is 0 Å². The van der Waals surface area contributed by atoms with Gasteiger partial charge >= 0.3 is 0 Å². The number of benzene rings is 1. The van der Waals surface area contributed by atoms with Gasteiger partial charge in [-0.05, 0) is 12.1 Å². The van der Waals surface area contributed by atoms with Crippen molar-refractivity contribution in [3.05, 3.63) is 23.8 Å². The molecule has 1 atom stereocenters. The highest BCUT2D eigenvalue weighted by Gasteiger charge is 2.23. The topological polar surface area (TPSA) is 47.6 Å². The van der Waals surface area contributed by atoms with E-state index in [0.717, 1.165) is 23.5 Å². The van der Waals surface area contributed by atoms with E-state index in [2.05, 4.69) is 5.32 Å². The number of carbonyl (C=O) groups is 1. The first-order valence-corrected chi connectivity index (χ1v) is 5.82. The highest BCUT2D eigenvalue weighted by molar-refractivity contribution is 5.76. The van der Waals surface area contributed by atoms with Gasteiger partial charge in [-0.3, -0.25) is 4.79 Å². The minimum atomic E-state index is 0.0336. The Morgan fingerprint density at radius 3 is 3.12 bits per heavy atom. The molecule has 4 nitrogen and oxygen atoms in total. The third-order valence-electron chi connectivity index (χ3n) is 2.89. The second-order valence-electron chi connectivity index (χ2n) is 4.07. The molecule has 1 heterocycles. The summed E-state index contributed by atoms with van der Waals surface area (Å²) in [7, 11) is 1.64. The molecule has 0 saturated carbocycles. The zero-order valence-corrected chi connectivity index (χ0v) is 10.2. The lowest BCUT2D eigenvalue weighted by Gasteiger charge is -2.27. The second-order valence-corrected chi connectivity index (χ2v) is 4.07. The Kier molecular flexibility index (Phi) is 3.52. The summed E-state index contributed by atoms with van der Waals surface area (Å²) in [5.74, 6) is 1.72. The van der Waals surface area contributed by atoms with Crippen LogP contribution in [0, 0.1) is 0 Å². The van der Waals surface area contributed by atoms with Gasteiger partial charge in [-0.15, -0.1) is 0 Å². The highest BCUT2D eigenvalue weighted by Crippen LogP contribution is 2.32. The number of nitrogens with one attached hydrogen (secondary N) is 1. The molecule has 1 amide bonds. The van der Waals surface area contributed by atoms with Gasteiger partial charge in [-0.1, -0.05) is 13.0 Å². The first kappa shape index (κ1) is 11.8. The number of hydrogen-bond acceptors (Lipinski definition) is 3. The van der Waals surface area contributed by atoms with Crippen LogP contribution in [0.15, 0.2) is 18.2 Å². The van der Waals surface area contributed by atoms with E-state index in [1.165, 1.54) is 0 Å². The average molecular weight is 235 g/mol. The molecule has 0 aromatic heterocycles. The number of amides is 1. The van der Waals surface area contributed by atoms with Gasteiger partial charge in [-0.25, -0.2) is 0 Å². The predicted octanol–water partition coefficient (Wildman–Crippen LogP) is 1.52. The van der Waals surface area contributed by atoms with Crippen LogP contribution in [0.2, 0.25) is 0 Å². The molecule has 17 heavy (non-hydrogen) atoms. The van der Waals surface area contributed by atoms with Crippen LogP contribution in [0.5, 0.6) is 11.5 Å². The zero-order valence-electron chi connectivity index (χ0n) is 10.2. The van der Waals surface area contributed by atoms with E-state index >= 15 is 0 Å². The summed E-state index contributed by atoms with van der Waals surface area (Å²) in [5.41, 5.74) is 1.03. The number of fused-ring (bicyclic) bond motifs is 1. The molecule has 0 unspecified atom stereocenters. The van der Waals surface area contributed by atoms with Crippen LogP contribution in [-0.4, -0.2) is 25.7 Å². The van der Waals surface area contributed by atoms with Gasteiger partial charge in [0.2, 0.25) is 5.91 Å². The molecular weight excluding hydrogens is 218 g/mol. The predicted molar refractivity (Wildman–Crippen MR) is 64.4 cm³/mol. The fraction of sp³-hybridized carbons (Fsp3) is 0.462. The molecule has 4 heteroatoms. The van der Waals surface area contributed by atoms with Crippen molar-refractivity contribution in [2.45, 2.75) is 25.8 Å². The molecule has 1 aromatic rings. The average Bonchev–Trinajstić information content (AvgIpc) is 2.37. The summed E-state index contributed by atoms with van der Waals surface area (Å²) < 4.78 is 10.9. The van der Waals surface area contributed by atoms with Crippen LogP contribution in [0.3, 0.4) is 0 Å². The molecule has 0 fully saturated rings. The van der Waals surface area contributed by atoms with Gasteiger partial charge in [0.15, 0.2) is 0 Å². The van der Waals surface area contributed by atoms with Crippen molar-refractivity contribution < 1.29 is 14.3 Å². The summed E-state index contributed by atoms with van der Waals surface area (Å²) in [5, 5.41) is 2.94. The molecule has 0 saturated heterocycles. The Morgan fingerprint density at radius 2 is 2.41 bits per heavy atom. The molecule has 0 spiro atoms. The van der Waals surface area contributed by atoms with E-state index in [4.69, 9.17) is 9.47 Å². The van der Waals surface area contributed by atoms with E-state index in [1.807, 2.05) is 25.1 Å². The van der Waals surface area contributed by atoms with Gasteiger partial charge < -0.3 is 14.8 Å². The van der Waals surface area contributed by atoms with E-state index in [9.17, 15) is 4.79 Å². The lowest BCUT2D eigenvalue weighted by atomic mass is 10.0. The number of rotatable bonds is 3. The van der Waals surface area contributed by atoms with Crippen LogP contribution in [0.1, 0.15) is 18.9 Å². The Hall–Kier alpha value is -1.71. The van der Waals surface area contributed by atoms with Crippen LogP contribution in [-0.2, 0) is 11.2 Å². The third-order valence-corrected chi connectivity index (χ3v) is 2.89. The maximum absolute atomic E-state index is 11.3. The Morgan fingerprint density at radius 1 is 1.59 bits per heavy atom. The van der Waals surface area contributed by atoms with Crippen molar-refractivity contribution >= 4 is 5.91 Å². The number of hydrogen-bond donors (Lipinski definition) is 1. The van der Waals surface area contributed by atoms with E-state index in [0.29, 0.717) is 13.0 Å². The molecule has 0 aliphatic carbocycles. The standard InChI is InChI=1S/C13H17NO3/c1-3-13(15)14-9-7-10-11(16-2)5-4-6-12(10)17-8-9/h4-6,9H,3,7-8H2,1-2H3,(H,14,15)/t9-/m1/s1. The van der Waals surface area contributed by atoms with Crippen molar-refractivity contribution in [2.24, 2.45) is 0 Å². The number of carbonyl (C=O) groups excluding carboxylic acids is 1. The summed E-state index contributed by atoms with van der Waals surface area (Å²) >= 11 is 0. The fourth-order valence-corrected chi connectivity index (χ4v) is 1.99. The van der Waals surface area contributed by atoms with Gasteiger partial charge in [0, 0.05) is 18.4 Å². The summed E-state index contributed by atoms with van der Waals surface area (Å²) in [6, 6.07) is 5.77. The van der Waals surface area contributed by atoms with Crippen molar-refractivity contribution in [1.29, 1.82) is 0 Å². The first-order valence-electron chi connectivity index (χ1n) is 5.82. The van der Waals surface area contributed by atoms with Crippen LogP contribution in [0.25, 0.3) is 0 Å². The summed E-state index contributed by atoms with van der Waals surface area (Å²) in [6.45, 7) is 2.36. The van der Waals surface area contributed by atoms with E-state index < -0.39 is 0 Å². The lowest BCUT2D eigenvalue weighted by Crippen LogP contribution is -2.42. The van der Waals surface area contributed by atoms with Gasteiger partial charge in [0.05, 0.1) is 13.2 Å². The zero-order chi connectivity index (χ0) is 12.3. The number of methoxy groups -OCH3 is 1. The van der Waals surface area contributed by atoms with Crippen molar-refractivity contribution in [3.63, 3.8) is 0 Å². The second kappa shape index (κ2) is 5.08. The van der Waals surface area contributed by atoms with Crippen LogP contribution >= 0.6 is 0 Å². The molecule has 1 aromatic carbocycles. The lowest BCUT2D eigenvalue weighted by molar-refractivity contribution is -0.121. The Bertz CT molecular complexity index is 403. The summed E-state index contributed by atoms with van der Waals surface area (Å²) in [6.07, 6.45) is 1.25. The quantitative estimate of drug-likeness (QED) is 0.864. The molecule has 1 aliphatic heterocycles. The van der Waals surface area contributed by atoms with Crippen molar-refractivity contribution in [1.82, 2.24) is 5.32 Å². The maximum atomic E-state index is 11.3. The van der Waals surface area contributed by atoms with E-state index in [-0.39, 0.29) is 11.9 Å². The SMILES string of the molecule is CCC(=O)N[C@H]1COc2cccc(OC)c2C1. The molecule has 0 radical (unpaired) electrons. The minimum Gasteiger partial charge on any atom is -0.496 e. The third kappa shape index (κ3) is 2.52. The monoisotopic (exact) mass is 235 g/mol. The number of ether oxygens (including phenoxy) is 2. The molecule has 0 bridgehead atoms. The van der Waals surface area contributed by atoms with Gasteiger partial charge in [0.1, 0.15) is 18.1 Å². The van der Waals surface area contributed by atoms with Crippen LogP contribution < -0.4 is 14.8 Å². The molecular formula is C13H17NO3. The molecule has 2 rings (SSSR count). The first-order chi connectivity index (χ1) is 8.24. The molecule has 1 N–H and O–H groups in total. The maximum Gasteiger partial charge on any atom is 0.220 e. The molecule has 92 valence electrons. The Labute approximate surface area is 101 Å². The normalized spacial score (nSPS) is 17.9. The van der Waals surface area contributed by atoms with Crippen LogP contribution in [0.4, 0.5) is 0 Å². The van der Waals surface area contributed by atoms with E-state index in [1.54, 1.807) is 7.11 Å². The largest absolute Gasteiger partial charge is 0.496 e. The van der Waals surface area contributed by atoms with Crippen molar-refractivity contribution in [2.75, 3.05) is 13.7 Å². The summed E-state index contributed by atoms with van der Waals surface area (Å²) in [4.78, 5) is 11.3. The smallest absolute Gasteiger partial charge is 0.220 e. The van der Waals surface area contributed by atoms with Gasteiger partial charge in [-0.2, -0.15) is 0 Å². The minimum absolute atomic E-state index is 0.0336.